The summed E-state index contributed by atoms with van der Waals surface area (Å²) >= 11 is 0. The number of primary amides is 1. The number of fused-ring (bicyclic) bond motifs is 1. The van der Waals surface area contributed by atoms with Gasteiger partial charge in [-0.15, -0.1) is 0 Å². The van der Waals surface area contributed by atoms with Crippen molar-refractivity contribution in [3.8, 4) is 0 Å². The van der Waals surface area contributed by atoms with E-state index in [9.17, 15) is 28.7 Å². The number of hydrogen-bond donors (Lipinski definition) is 4. The lowest BCUT2D eigenvalue weighted by atomic mass is 10.1. The van der Waals surface area contributed by atoms with Crippen LogP contribution in [0.2, 0.25) is 0 Å². The molecule has 1 aliphatic carbocycles. The van der Waals surface area contributed by atoms with Crippen LogP contribution >= 0.6 is 0 Å². The van der Waals surface area contributed by atoms with Crippen LogP contribution in [0.25, 0.3) is 11.0 Å². The first-order valence-electron chi connectivity index (χ1n) is 10.7. The van der Waals surface area contributed by atoms with Gasteiger partial charge in [-0.05, 0) is 31.7 Å². The van der Waals surface area contributed by atoms with Crippen molar-refractivity contribution in [2.24, 2.45) is 11.5 Å². The van der Waals surface area contributed by atoms with Crippen molar-refractivity contribution in [2.45, 2.75) is 50.2 Å². The Morgan fingerprint density at radius 2 is 2.03 bits per heavy atom. The summed E-state index contributed by atoms with van der Waals surface area (Å²) in [6, 6.07) is -0.117. The molecule has 1 saturated carbocycles. The van der Waals surface area contributed by atoms with Gasteiger partial charge in [0.25, 0.3) is 0 Å². The van der Waals surface area contributed by atoms with Crippen molar-refractivity contribution in [1.82, 2.24) is 14.9 Å². The summed E-state index contributed by atoms with van der Waals surface area (Å²) < 4.78 is 16.6. The van der Waals surface area contributed by atoms with Gasteiger partial charge in [0.2, 0.25) is 17.2 Å². The van der Waals surface area contributed by atoms with Crippen molar-refractivity contribution in [1.29, 1.82) is 0 Å². The molecular formula is C21H25FN6O5. The number of carbonyl (C=O) groups excluding carboxylic acids is 2. The number of aromatic nitrogens is 2. The fraction of sp³-hybridized carbons (Fsp3) is 0.476. The summed E-state index contributed by atoms with van der Waals surface area (Å²) in [5.74, 6) is -3.03. The highest BCUT2D eigenvalue weighted by Crippen LogP contribution is 2.37. The van der Waals surface area contributed by atoms with Crippen molar-refractivity contribution in [3.63, 3.8) is 0 Å². The fourth-order valence-electron chi connectivity index (χ4n) is 4.05. The van der Waals surface area contributed by atoms with Gasteiger partial charge in [0.15, 0.2) is 11.6 Å². The van der Waals surface area contributed by atoms with E-state index in [1.165, 1.54) is 6.20 Å². The molecule has 2 amide bonds. The minimum atomic E-state index is -1.37. The number of amides is 2. The maximum Gasteiger partial charge on any atom is 0.341 e. The molecule has 33 heavy (non-hydrogen) atoms. The van der Waals surface area contributed by atoms with Crippen LogP contribution in [0.4, 0.5) is 10.2 Å². The Morgan fingerprint density at radius 1 is 1.30 bits per heavy atom. The van der Waals surface area contributed by atoms with Crippen molar-refractivity contribution in [2.75, 3.05) is 18.0 Å². The number of hydrogen-bond acceptors (Lipinski definition) is 7. The first-order chi connectivity index (χ1) is 15.7. The number of nitrogens with one attached hydrogen (secondary N) is 1. The zero-order chi connectivity index (χ0) is 23.9. The minimum absolute atomic E-state index is 0.00386. The maximum atomic E-state index is 15.0. The van der Waals surface area contributed by atoms with Crippen molar-refractivity contribution in [3.05, 3.63) is 33.9 Å². The first-order valence-corrected chi connectivity index (χ1v) is 10.7. The molecule has 0 spiro atoms. The lowest BCUT2D eigenvalue weighted by Crippen LogP contribution is -2.46. The molecule has 0 aromatic carbocycles. The van der Waals surface area contributed by atoms with E-state index in [0.29, 0.717) is 13.0 Å². The van der Waals surface area contributed by atoms with Crippen LogP contribution in [-0.2, 0) is 9.59 Å². The number of nitrogens with zero attached hydrogens (tertiary/aromatic N) is 3. The first kappa shape index (κ1) is 22.6. The van der Waals surface area contributed by atoms with Crippen molar-refractivity contribution >= 4 is 34.6 Å². The van der Waals surface area contributed by atoms with Crippen molar-refractivity contribution < 1.29 is 23.9 Å². The van der Waals surface area contributed by atoms with Gasteiger partial charge < -0.3 is 31.4 Å². The summed E-state index contributed by atoms with van der Waals surface area (Å²) in [5.41, 5.74) is 9.92. The number of anilines is 1. The Bertz CT molecular complexity index is 1190. The van der Waals surface area contributed by atoms with E-state index >= 15 is 0 Å². The van der Waals surface area contributed by atoms with Crippen LogP contribution in [0.15, 0.2) is 17.1 Å². The van der Waals surface area contributed by atoms with E-state index in [0.717, 1.165) is 18.9 Å². The molecule has 1 unspecified atom stereocenters. The highest BCUT2D eigenvalue weighted by Gasteiger charge is 2.31. The van der Waals surface area contributed by atoms with E-state index in [2.05, 4.69) is 10.3 Å². The molecule has 1 aliphatic heterocycles. The van der Waals surface area contributed by atoms with Gasteiger partial charge in [0.05, 0.1) is 11.4 Å². The second-order valence-corrected chi connectivity index (χ2v) is 8.53. The summed E-state index contributed by atoms with van der Waals surface area (Å²) in [5, 5.41) is 12.1. The smallest absolute Gasteiger partial charge is 0.341 e. The predicted molar refractivity (Wildman–Crippen MR) is 116 cm³/mol. The highest BCUT2D eigenvalue weighted by atomic mass is 19.1. The topological polar surface area (TPSA) is 174 Å². The molecule has 176 valence electrons. The molecule has 3 heterocycles. The van der Waals surface area contributed by atoms with E-state index in [1.54, 1.807) is 9.47 Å². The molecule has 11 nitrogen and oxygen atoms in total. The Labute approximate surface area is 187 Å². The second kappa shape index (κ2) is 8.77. The van der Waals surface area contributed by atoms with E-state index in [-0.39, 0.29) is 48.3 Å². The van der Waals surface area contributed by atoms with E-state index < -0.39 is 40.6 Å². The van der Waals surface area contributed by atoms with Crippen LogP contribution in [0, 0.1) is 5.82 Å². The van der Waals surface area contributed by atoms with Gasteiger partial charge >= 0.3 is 5.97 Å². The third kappa shape index (κ3) is 4.65. The van der Waals surface area contributed by atoms with E-state index in [1.807, 2.05) is 0 Å². The number of pyridine rings is 2. The largest absolute Gasteiger partial charge is 0.477 e. The van der Waals surface area contributed by atoms with Gasteiger partial charge in [0.1, 0.15) is 11.2 Å². The number of halogens is 1. The number of carboxylic acid groups (broad SMARTS) is 1. The lowest BCUT2D eigenvalue weighted by Gasteiger charge is -2.21. The number of aromatic carboxylic acids is 1. The van der Waals surface area contributed by atoms with Gasteiger partial charge in [-0.25, -0.2) is 14.2 Å². The molecule has 2 atom stereocenters. The molecule has 0 bridgehead atoms. The quantitative estimate of drug-likeness (QED) is 0.421. The predicted octanol–water partition coefficient (Wildman–Crippen LogP) is -0.144. The highest BCUT2D eigenvalue weighted by molar-refractivity contribution is 5.92. The molecule has 1 saturated heterocycles. The van der Waals surface area contributed by atoms with Crippen LogP contribution in [0.3, 0.4) is 0 Å². The molecule has 12 heteroatoms. The standard InChI is InChI=1S/C21H25FN6O5/c22-14-7-12-17(30)13(21(32)33)9-28(11-1-2-11)18(12)26-19(14)27-6-5-10(8-27)25-20(31)15(23)3-4-16(24)29/h7,9-11,15H,1-6,8,23H2,(H2,24,29)(H,25,31)(H,32,33)/t10?,15-/m0/s1. The Hall–Kier alpha value is -3.54. The maximum absolute atomic E-state index is 15.0. The molecule has 6 N–H and O–H groups in total. The van der Waals surface area contributed by atoms with E-state index in [4.69, 9.17) is 11.5 Å². The Kier molecular flexibility index (Phi) is 6.02. The number of rotatable bonds is 8. The van der Waals surface area contributed by atoms with Crippen LogP contribution in [0.5, 0.6) is 0 Å². The molecule has 4 rings (SSSR count). The van der Waals surface area contributed by atoms with Crippen LogP contribution in [-0.4, -0.2) is 57.6 Å². The van der Waals surface area contributed by atoms with Crippen LogP contribution in [0.1, 0.15) is 48.5 Å². The molecule has 2 aliphatic rings. The zero-order valence-electron chi connectivity index (χ0n) is 17.8. The number of nitrogens with two attached hydrogens (primary N) is 2. The summed E-state index contributed by atoms with van der Waals surface area (Å²) in [7, 11) is 0. The molecule has 0 radical (unpaired) electrons. The van der Waals surface area contributed by atoms with Gasteiger partial charge in [-0.1, -0.05) is 0 Å². The monoisotopic (exact) mass is 460 g/mol. The molecule has 2 aromatic heterocycles. The summed E-state index contributed by atoms with van der Waals surface area (Å²) in [6.07, 6.45) is 3.58. The molecule has 2 aromatic rings. The normalized spacial score (nSPS) is 19.0. The third-order valence-electron chi connectivity index (χ3n) is 5.98. The zero-order valence-corrected chi connectivity index (χ0v) is 17.8. The second-order valence-electron chi connectivity index (χ2n) is 8.53. The lowest BCUT2D eigenvalue weighted by molar-refractivity contribution is -0.123. The third-order valence-corrected chi connectivity index (χ3v) is 5.98. The van der Waals surface area contributed by atoms with Gasteiger partial charge in [0, 0.05) is 37.8 Å². The SMILES string of the molecule is NC(=O)CC[C@H](N)C(=O)NC1CCN(c2nc3c(cc2F)c(=O)c(C(=O)O)cn3C2CC2)C1. The number of carbonyl (C=O) groups is 3. The Balaban J connectivity index is 1.56. The van der Waals surface area contributed by atoms with Gasteiger partial charge in [-0.2, -0.15) is 0 Å². The molecule has 2 fully saturated rings. The summed E-state index contributed by atoms with van der Waals surface area (Å²) in [6.45, 7) is 0.697. The fourth-order valence-corrected chi connectivity index (χ4v) is 4.05. The van der Waals surface area contributed by atoms with Crippen LogP contribution < -0.4 is 27.1 Å². The Morgan fingerprint density at radius 3 is 2.67 bits per heavy atom. The number of carboxylic acids is 1. The average molecular weight is 460 g/mol. The van der Waals surface area contributed by atoms with Gasteiger partial charge in [-0.3, -0.25) is 14.4 Å². The minimum Gasteiger partial charge on any atom is -0.477 e. The summed E-state index contributed by atoms with van der Waals surface area (Å²) in [4.78, 5) is 53.3. The molecular weight excluding hydrogens is 435 g/mol. The average Bonchev–Trinajstić information content (AvgIpc) is 3.50.